The van der Waals surface area contributed by atoms with Crippen LogP contribution in [0.5, 0.6) is 0 Å². The SMILES string of the molecule is C=C1C=c2c(C(c3ccccc3Cl)N(C)C)c(C(=O)OCC)[nH]c2=CC1. The van der Waals surface area contributed by atoms with E-state index in [0.29, 0.717) is 17.3 Å². The molecule has 1 aliphatic rings. The first kappa shape index (κ1) is 18.5. The van der Waals surface area contributed by atoms with Crippen LogP contribution in [0, 0.1) is 0 Å². The first-order valence-corrected chi connectivity index (χ1v) is 9.01. The largest absolute Gasteiger partial charge is 0.461 e. The van der Waals surface area contributed by atoms with Crippen molar-refractivity contribution >= 4 is 29.7 Å². The maximum Gasteiger partial charge on any atom is 0.355 e. The number of benzene rings is 1. The molecule has 136 valence electrons. The zero-order chi connectivity index (χ0) is 18.8. The Morgan fingerprint density at radius 2 is 2.12 bits per heavy atom. The fraction of sp³-hybridized carbons (Fsp3) is 0.286. The molecule has 0 amide bonds. The topological polar surface area (TPSA) is 45.3 Å². The summed E-state index contributed by atoms with van der Waals surface area (Å²) in [5, 5.41) is 2.56. The Kier molecular flexibility index (Phi) is 5.35. The van der Waals surface area contributed by atoms with E-state index < -0.39 is 0 Å². The highest BCUT2D eigenvalue weighted by Crippen LogP contribution is 2.32. The minimum atomic E-state index is -0.358. The number of H-pyrrole nitrogens is 1. The first-order chi connectivity index (χ1) is 12.4. The maximum absolute atomic E-state index is 12.7. The van der Waals surface area contributed by atoms with Crippen LogP contribution < -0.4 is 10.6 Å². The van der Waals surface area contributed by atoms with E-state index >= 15 is 0 Å². The lowest BCUT2D eigenvalue weighted by Gasteiger charge is -2.26. The van der Waals surface area contributed by atoms with Gasteiger partial charge in [-0.25, -0.2) is 4.79 Å². The normalized spacial score (nSPS) is 14.4. The molecule has 26 heavy (non-hydrogen) atoms. The molecule has 1 atom stereocenters. The molecule has 2 aromatic rings. The Labute approximate surface area is 158 Å². The summed E-state index contributed by atoms with van der Waals surface area (Å²) in [5.41, 5.74) is 3.28. The number of aromatic nitrogens is 1. The lowest BCUT2D eigenvalue weighted by molar-refractivity contribution is 0.0517. The summed E-state index contributed by atoms with van der Waals surface area (Å²) < 4.78 is 5.30. The van der Waals surface area contributed by atoms with Gasteiger partial charge in [-0.05, 0) is 45.1 Å². The zero-order valence-corrected chi connectivity index (χ0v) is 16.1. The second-order valence-corrected chi connectivity index (χ2v) is 6.97. The van der Waals surface area contributed by atoms with Gasteiger partial charge in [-0.15, -0.1) is 0 Å². The summed E-state index contributed by atoms with van der Waals surface area (Å²) >= 11 is 6.50. The van der Waals surface area contributed by atoms with Crippen LogP contribution in [0.3, 0.4) is 0 Å². The van der Waals surface area contributed by atoms with Crippen molar-refractivity contribution in [1.29, 1.82) is 0 Å². The number of rotatable bonds is 5. The van der Waals surface area contributed by atoms with Gasteiger partial charge in [0.2, 0.25) is 0 Å². The van der Waals surface area contributed by atoms with E-state index in [0.717, 1.165) is 33.7 Å². The van der Waals surface area contributed by atoms with Gasteiger partial charge < -0.3 is 9.72 Å². The minimum Gasteiger partial charge on any atom is -0.461 e. The van der Waals surface area contributed by atoms with Crippen LogP contribution in [0.15, 0.2) is 36.4 Å². The summed E-state index contributed by atoms with van der Waals surface area (Å²) in [6.07, 6.45) is 4.86. The van der Waals surface area contributed by atoms with Crippen LogP contribution in [-0.4, -0.2) is 36.6 Å². The molecular weight excluding hydrogens is 348 g/mol. The number of hydrogen-bond donors (Lipinski definition) is 1. The summed E-state index contributed by atoms with van der Waals surface area (Å²) in [6.45, 7) is 6.21. The van der Waals surface area contributed by atoms with Gasteiger partial charge in [-0.2, -0.15) is 0 Å². The van der Waals surface area contributed by atoms with Crippen molar-refractivity contribution in [3.05, 3.63) is 68.8 Å². The third kappa shape index (κ3) is 3.35. The fourth-order valence-corrected chi connectivity index (χ4v) is 3.64. The summed E-state index contributed by atoms with van der Waals surface area (Å²) in [7, 11) is 3.95. The second kappa shape index (κ2) is 7.52. The predicted molar refractivity (Wildman–Crippen MR) is 106 cm³/mol. The van der Waals surface area contributed by atoms with Crippen molar-refractivity contribution in [2.75, 3.05) is 20.7 Å². The van der Waals surface area contributed by atoms with Crippen molar-refractivity contribution in [2.45, 2.75) is 19.4 Å². The Morgan fingerprint density at radius 3 is 2.77 bits per heavy atom. The van der Waals surface area contributed by atoms with E-state index in [-0.39, 0.29) is 12.0 Å². The molecule has 4 nitrogen and oxygen atoms in total. The quantitative estimate of drug-likeness (QED) is 0.823. The van der Waals surface area contributed by atoms with Crippen LogP contribution in [0.1, 0.15) is 41.0 Å². The highest BCUT2D eigenvalue weighted by atomic mass is 35.5. The van der Waals surface area contributed by atoms with Crippen molar-refractivity contribution < 1.29 is 9.53 Å². The van der Waals surface area contributed by atoms with Gasteiger partial charge in [-0.3, -0.25) is 4.90 Å². The molecule has 3 rings (SSSR count). The van der Waals surface area contributed by atoms with Gasteiger partial charge in [0.25, 0.3) is 0 Å². The third-order valence-electron chi connectivity index (χ3n) is 4.50. The summed E-state index contributed by atoms with van der Waals surface area (Å²) in [5.74, 6) is -0.358. The Balaban J connectivity index is 2.33. The zero-order valence-electron chi connectivity index (χ0n) is 15.3. The van der Waals surface area contributed by atoms with Gasteiger partial charge in [0.15, 0.2) is 0 Å². The molecule has 1 unspecified atom stereocenters. The van der Waals surface area contributed by atoms with Gasteiger partial charge in [0, 0.05) is 21.2 Å². The van der Waals surface area contributed by atoms with Crippen LogP contribution in [0.4, 0.5) is 0 Å². The number of esters is 1. The first-order valence-electron chi connectivity index (χ1n) is 8.63. The highest BCUT2D eigenvalue weighted by Gasteiger charge is 2.29. The Hall–Kier alpha value is -2.30. The molecule has 1 aliphatic carbocycles. The molecule has 1 aromatic heterocycles. The summed E-state index contributed by atoms with van der Waals surface area (Å²) in [6, 6.07) is 7.52. The number of fused-ring (bicyclic) bond motifs is 1. The van der Waals surface area contributed by atoms with Crippen LogP contribution >= 0.6 is 11.6 Å². The molecule has 0 radical (unpaired) electrons. The van der Waals surface area contributed by atoms with Crippen LogP contribution in [0.2, 0.25) is 5.02 Å². The smallest absolute Gasteiger partial charge is 0.355 e. The number of aromatic amines is 1. The van der Waals surface area contributed by atoms with E-state index in [9.17, 15) is 4.79 Å². The molecular formula is C21H23ClN2O2. The molecule has 1 N–H and O–H groups in total. The molecule has 0 spiro atoms. The molecule has 0 fully saturated rings. The molecule has 0 bridgehead atoms. The predicted octanol–water partition coefficient (Wildman–Crippen LogP) is 3.02. The molecule has 5 heteroatoms. The Morgan fingerprint density at radius 1 is 1.38 bits per heavy atom. The van der Waals surface area contributed by atoms with E-state index in [1.807, 2.05) is 44.4 Å². The average Bonchev–Trinajstić information content (AvgIpc) is 2.95. The number of nitrogens with zero attached hydrogens (tertiary/aromatic N) is 1. The van der Waals surface area contributed by atoms with Crippen LogP contribution in [-0.2, 0) is 4.74 Å². The van der Waals surface area contributed by atoms with Gasteiger partial charge in [-0.1, -0.05) is 48.0 Å². The van der Waals surface area contributed by atoms with E-state index in [4.69, 9.17) is 16.3 Å². The van der Waals surface area contributed by atoms with E-state index in [1.54, 1.807) is 6.92 Å². The monoisotopic (exact) mass is 370 g/mol. The molecule has 1 aromatic carbocycles. The lowest BCUT2D eigenvalue weighted by Crippen LogP contribution is -2.33. The fourth-order valence-electron chi connectivity index (χ4n) is 3.40. The Bertz CT molecular complexity index is 972. The van der Waals surface area contributed by atoms with Crippen LogP contribution in [0.25, 0.3) is 12.2 Å². The lowest BCUT2D eigenvalue weighted by atomic mass is 9.94. The van der Waals surface area contributed by atoms with Gasteiger partial charge >= 0.3 is 5.97 Å². The van der Waals surface area contributed by atoms with E-state index in [1.165, 1.54) is 0 Å². The number of halogens is 1. The van der Waals surface area contributed by atoms with Crippen molar-refractivity contribution in [3.8, 4) is 0 Å². The summed E-state index contributed by atoms with van der Waals surface area (Å²) in [4.78, 5) is 18.0. The minimum absolute atomic E-state index is 0.196. The van der Waals surface area contributed by atoms with Gasteiger partial charge in [0.1, 0.15) is 5.69 Å². The highest BCUT2D eigenvalue weighted by molar-refractivity contribution is 6.31. The van der Waals surface area contributed by atoms with E-state index in [2.05, 4.69) is 22.5 Å². The number of allylic oxidation sites excluding steroid dienone is 1. The van der Waals surface area contributed by atoms with Gasteiger partial charge in [0.05, 0.1) is 12.6 Å². The molecule has 0 saturated carbocycles. The molecule has 0 saturated heterocycles. The number of carbonyl (C=O) groups is 1. The number of nitrogens with one attached hydrogen (secondary N) is 1. The number of carbonyl (C=O) groups excluding carboxylic acids is 1. The maximum atomic E-state index is 12.7. The number of ether oxygens (including phenoxy) is 1. The molecule has 0 aliphatic heterocycles. The standard InChI is InChI=1S/C21H23ClN2O2/c1-5-26-21(25)19-18(15-12-13(2)10-11-17(15)23-19)20(24(3)4)14-8-6-7-9-16(14)22/h6-9,11-12,20,23H,2,5,10H2,1,3-4H3. The molecule has 1 heterocycles. The average molecular weight is 371 g/mol. The van der Waals surface area contributed by atoms with Crippen molar-refractivity contribution in [1.82, 2.24) is 9.88 Å². The third-order valence-corrected chi connectivity index (χ3v) is 4.84. The second-order valence-electron chi connectivity index (χ2n) is 6.56. The van der Waals surface area contributed by atoms with Crippen molar-refractivity contribution in [3.63, 3.8) is 0 Å². The van der Waals surface area contributed by atoms with Crippen molar-refractivity contribution in [2.24, 2.45) is 0 Å². The number of hydrogen-bond acceptors (Lipinski definition) is 3.